The van der Waals surface area contributed by atoms with Crippen molar-refractivity contribution in [2.24, 2.45) is 0 Å². The van der Waals surface area contributed by atoms with Gasteiger partial charge in [0.05, 0.1) is 23.1 Å². The van der Waals surface area contributed by atoms with Crippen LogP contribution >= 0.6 is 0 Å². The van der Waals surface area contributed by atoms with Gasteiger partial charge in [0.2, 0.25) is 0 Å². The van der Waals surface area contributed by atoms with Gasteiger partial charge in [0.1, 0.15) is 11.8 Å². The number of para-hydroxylation sites is 1. The zero-order valence-electron chi connectivity index (χ0n) is 13.7. The highest BCUT2D eigenvalue weighted by atomic mass is 16.1. The van der Waals surface area contributed by atoms with Crippen LogP contribution in [0, 0.1) is 18.3 Å². The highest BCUT2D eigenvalue weighted by Gasteiger charge is 2.08. The number of benzene rings is 2. The van der Waals surface area contributed by atoms with Crippen LogP contribution in [0.15, 0.2) is 66.9 Å². The van der Waals surface area contributed by atoms with Gasteiger partial charge >= 0.3 is 0 Å². The lowest BCUT2D eigenvalue weighted by Crippen LogP contribution is -2.13. The summed E-state index contributed by atoms with van der Waals surface area (Å²) in [5, 5.41) is 15.0. The number of hydrogen-bond acceptors (Lipinski definition) is 4. The third-order valence-corrected chi connectivity index (χ3v) is 3.63. The van der Waals surface area contributed by atoms with Gasteiger partial charge in [-0.2, -0.15) is 5.26 Å². The Morgan fingerprint density at radius 1 is 1.00 bits per heavy atom. The lowest BCUT2D eigenvalue weighted by Gasteiger charge is -2.09. The summed E-state index contributed by atoms with van der Waals surface area (Å²) in [6.45, 7) is 1.99. The van der Waals surface area contributed by atoms with Crippen LogP contribution in [-0.4, -0.2) is 10.9 Å². The van der Waals surface area contributed by atoms with Gasteiger partial charge in [-0.1, -0.05) is 29.8 Å². The molecule has 0 aliphatic rings. The van der Waals surface area contributed by atoms with Gasteiger partial charge in [0.15, 0.2) is 0 Å². The minimum Gasteiger partial charge on any atom is -0.353 e. The van der Waals surface area contributed by atoms with Crippen LogP contribution < -0.4 is 10.6 Å². The Kier molecular flexibility index (Phi) is 4.72. The zero-order chi connectivity index (χ0) is 17.6. The fourth-order valence-electron chi connectivity index (χ4n) is 2.28. The number of pyridine rings is 1. The number of nitrogens with one attached hydrogen (secondary N) is 2. The summed E-state index contributed by atoms with van der Waals surface area (Å²) in [4.78, 5) is 16.4. The van der Waals surface area contributed by atoms with Crippen LogP contribution in [0.1, 0.15) is 21.6 Å². The minimum atomic E-state index is -0.271. The number of aryl methyl sites for hydroxylation is 1. The number of nitrogens with zero attached hydrogens (tertiary/aromatic N) is 2. The van der Waals surface area contributed by atoms with Crippen molar-refractivity contribution in [3.63, 3.8) is 0 Å². The summed E-state index contributed by atoms with van der Waals surface area (Å²) in [6.07, 6.45) is 1.57. The molecule has 1 heterocycles. The van der Waals surface area contributed by atoms with Crippen molar-refractivity contribution in [3.8, 4) is 6.07 Å². The lowest BCUT2D eigenvalue weighted by molar-refractivity contribution is 0.102. The molecular formula is C20H16N4O. The Labute approximate surface area is 146 Å². The van der Waals surface area contributed by atoms with Crippen molar-refractivity contribution in [3.05, 3.63) is 83.7 Å². The van der Waals surface area contributed by atoms with E-state index in [1.54, 1.807) is 30.5 Å². The number of carbonyl (C=O) groups is 1. The fourth-order valence-corrected chi connectivity index (χ4v) is 2.28. The Morgan fingerprint density at radius 3 is 2.40 bits per heavy atom. The van der Waals surface area contributed by atoms with E-state index in [0.717, 1.165) is 11.3 Å². The molecule has 1 amide bonds. The molecule has 1 aromatic heterocycles. The molecule has 0 saturated carbocycles. The van der Waals surface area contributed by atoms with Gasteiger partial charge in [-0.05, 0) is 43.3 Å². The van der Waals surface area contributed by atoms with Crippen LogP contribution in [0.25, 0.3) is 0 Å². The zero-order valence-corrected chi connectivity index (χ0v) is 13.7. The number of carbonyl (C=O) groups excluding carboxylic acids is 1. The molecule has 0 bridgehead atoms. The maximum atomic E-state index is 12.2. The first-order valence-electron chi connectivity index (χ1n) is 7.76. The molecule has 5 nitrogen and oxygen atoms in total. The second-order valence-corrected chi connectivity index (χ2v) is 5.53. The van der Waals surface area contributed by atoms with Crippen LogP contribution in [0.3, 0.4) is 0 Å². The Morgan fingerprint density at radius 2 is 1.72 bits per heavy atom. The van der Waals surface area contributed by atoms with Crippen molar-refractivity contribution in [2.45, 2.75) is 6.92 Å². The smallest absolute Gasteiger partial charge is 0.274 e. The van der Waals surface area contributed by atoms with Gasteiger partial charge in [-0.15, -0.1) is 0 Å². The molecule has 0 fully saturated rings. The van der Waals surface area contributed by atoms with E-state index < -0.39 is 0 Å². The molecule has 5 heteroatoms. The van der Waals surface area contributed by atoms with E-state index in [4.69, 9.17) is 5.26 Å². The van der Waals surface area contributed by atoms with Crippen LogP contribution in [0.5, 0.6) is 0 Å². The summed E-state index contributed by atoms with van der Waals surface area (Å²) in [5.74, 6) is -0.271. The standard InChI is InChI=1S/C20H16N4O/c1-14-6-8-16(9-7-14)24-20(25)19-11-10-17(13-22-19)23-18-5-3-2-4-15(18)12-21/h2-11,13,23H,1H3,(H,24,25). The molecule has 3 rings (SSSR count). The van der Waals surface area contributed by atoms with Gasteiger partial charge in [-0.3, -0.25) is 4.79 Å². The molecule has 0 atom stereocenters. The normalized spacial score (nSPS) is 9.92. The van der Waals surface area contributed by atoms with Gasteiger partial charge in [0.25, 0.3) is 5.91 Å². The predicted molar refractivity (Wildman–Crippen MR) is 97.8 cm³/mol. The highest BCUT2D eigenvalue weighted by Crippen LogP contribution is 2.20. The van der Waals surface area contributed by atoms with Gasteiger partial charge in [0, 0.05) is 5.69 Å². The SMILES string of the molecule is Cc1ccc(NC(=O)c2ccc(Nc3ccccc3C#N)cn2)cc1. The molecule has 0 aliphatic carbocycles. The third kappa shape index (κ3) is 4.01. The molecule has 2 N–H and O–H groups in total. The van der Waals surface area contributed by atoms with Crippen LogP contribution in [-0.2, 0) is 0 Å². The van der Waals surface area contributed by atoms with E-state index in [1.165, 1.54) is 0 Å². The number of hydrogen-bond donors (Lipinski definition) is 2. The molecule has 25 heavy (non-hydrogen) atoms. The maximum Gasteiger partial charge on any atom is 0.274 e. The maximum absolute atomic E-state index is 12.2. The summed E-state index contributed by atoms with van der Waals surface area (Å²) >= 11 is 0. The summed E-state index contributed by atoms with van der Waals surface area (Å²) in [7, 11) is 0. The second-order valence-electron chi connectivity index (χ2n) is 5.53. The fraction of sp³-hybridized carbons (Fsp3) is 0.0500. The average Bonchev–Trinajstić information content (AvgIpc) is 2.64. The Bertz CT molecular complexity index is 925. The first kappa shape index (κ1) is 16.2. The van der Waals surface area contributed by atoms with E-state index in [2.05, 4.69) is 21.7 Å². The molecule has 0 radical (unpaired) electrons. The number of aromatic nitrogens is 1. The predicted octanol–water partition coefficient (Wildman–Crippen LogP) is 4.26. The molecule has 3 aromatic rings. The average molecular weight is 328 g/mol. The van der Waals surface area contributed by atoms with Crippen molar-refractivity contribution >= 4 is 23.0 Å². The number of amides is 1. The molecule has 122 valence electrons. The minimum absolute atomic E-state index is 0.271. The van der Waals surface area contributed by atoms with Crippen LogP contribution in [0.2, 0.25) is 0 Å². The van der Waals surface area contributed by atoms with E-state index in [1.807, 2.05) is 43.3 Å². The largest absolute Gasteiger partial charge is 0.353 e. The summed E-state index contributed by atoms with van der Waals surface area (Å²) < 4.78 is 0. The highest BCUT2D eigenvalue weighted by molar-refractivity contribution is 6.02. The van der Waals surface area contributed by atoms with Gasteiger partial charge in [-0.25, -0.2) is 4.98 Å². The monoisotopic (exact) mass is 328 g/mol. The van der Waals surface area contributed by atoms with Gasteiger partial charge < -0.3 is 10.6 Å². The van der Waals surface area contributed by atoms with Crippen molar-refractivity contribution in [1.29, 1.82) is 5.26 Å². The van der Waals surface area contributed by atoms with E-state index in [0.29, 0.717) is 22.6 Å². The Balaban J connectivity index is 1.70. The number of rotatable bonds is 4. The number of anilines is 3. The number of nitriles is 1. The molecule has 0 spiro atoms. The molecule has 2 aromatic carbocycles. The molecule has 0 aliphatic heterocycles. The topological polar surface area (TPSA) is 77.8 Å². The first-order chi connectivity index (χ1) is 12.2. The van der Waals surface area contributed by atoms with E-state index in [-0.39, 0.29) is 5.91 Å². The van der Waals surface area contributed by atoms with E-state index in [9.17, 15) is 4.79 Å². The quantitative estimate of drug-likeness (QED) is 0.750. The van der Waals surface area contributed by atoms with Crippen molar-refractivity contribution < 1.29 is 4.79 Å². The molecular weight excluding hydrogens is 312 g/mol. The Hall–Kier alpha value is -3.65. The van der Waals surface area contributed by atoms with Crippen molar-refractivity contribution in [2.75, 3.05) is 10.6 Å². The molecule has 0 unspecified atom stereocenters. The second kappa shape index (κ2) is 7.28. The summed E-state index contributed by atoms with van der Waals surface area (Å²) in [5.41, 5.74) is 4.12. The van der Waals surface area contributed by atoms with Crippen molar-refractivity contribution in [1.82, 2.24) is 4.98 Å². The first-order valence-corrected chi connectivity index (χ1v) is 7.76. The van der Waals surface area contributed by atoms with Crippen LogP contribution in [0.4, 0.5) is 17.1 Å². The lowest BCUT2D eigenvalue weighted by atomic mass is 10.2. The molecule has 0 saturated heterocycles. The third-order valence-electron chi connectivity index (χ3n) is 3.63. The van der Waals surface area contributed by atoms with E-state index >= 15 is 0 Å². The summed E-state index contributed by atoms with van der Waals surface area (Å²) in [6, 6.07) is 20.3.